The second-order valence-corrected chi connectivity index (χ2v) is 7.88. The maximum atomic E-state index is 12.5. The van der Waals surface area contributed by atoms with Crippen molar-refractivity contribution < 1.29 is 14.3 Å². The minimum Gasteiger partial charge on any atom is -0.481 e. The molecule has 0 fully saturated rings. The lowest BCUT2D eigenvalue weighted by Crippen LogP contribution is -2.30. The first kappa shape index (κ1) is 18.7. The molecule has 0 radical (unpaired) electrons. The van der Waals surface area contributed by atoms with Crippen molar-refractivity contribution in [3.8, 4) is 5.75 Å². The molecule has 1 aromatic carbocycles. The molecule has 3 rings (SSSR count). The third-order valence-corrected chi connectivity index (χ3v) is 5.86. The van der Waals surface area contributed by atoms with Crippen LogP contribution in [0, 0.1) is 0 Å². The van der Waals surface area contributed by atoms with Crippen LogP contribution in [0.3, 0.4) is 0 Å². The fraction of sp³-hybridized carbons (Fsp3) is 0.368. The van der Waals surface area contributed by atoms with E-state index in [1.807, 2.05) is 0 Å². The Hall–Kier alpha value is -2.05. The van der Waals surface area contributed by atoms with Crippen LogP contribution in [0.5, 0.6) is 5.75 Å². The Balaban J connectivity index is 1.76. The van der Waals surface area contributed by atoms with Crippen molar-refractivity contribution in [1.29, 1.82) is 0 Å². The highest BCUT2D eigenvalue weighted by atomic mass is 35.5. The SMILES string of the molecule is CC(Oc1ccc(Cl)cc1)C(=O)Nc1sc2c(c1C(N)=O)CCCCC2. The predicted octanol–water partition coefficient (Wildman–Crippen LogP) is 4.18. The fourth-order valence-electron chi connectivity index (χ4n) is 3.08. The predicted molar refractivity (Wildman–Crippen MR) is 104 cm³/mol. The average molecular weight is 393 g/mol. The minimum absolute atomic E-state index is 0.321. The van der Waals surface area contributed by atoms with Crippen LogP contribution in [0.4, 0.5) is 5.00 Å². The number of primary amides is 1. The number of benzene rings is 1. The molecular formula is C19H21ClN2O3S. The van der Waals surface area contributed by atoms with Crippen molar-refractivity contribution in [3.05, 3.63) is 45.3 Å². The lowest BCUT2D eigenvalue weighted by Gasteiger charge is -2.14. The number of carbonyl (C=O) groups excluding carboxylic acids is 2. The molecule has 0 saturated heterocycles. The molecule has 1 aliphatic carbocycles. The van der Waals surface area contributed by atoms with E-state index in [9.17, 15) is 9.59 Å². The van der Waals surface area contributed by atoms with Crippen LogP contribution in [-0.2, 0) is 17.6 Å². The van der Waals surface area contributed by atoms with E-state index in [0.717, 1.165) is 42.5 Å². The summed E-state index contributed by atoms with van der Waals surface area (Å²) >= 11 is 7.30. The molecule has 0 aliphatic heterocycles. The molecular weight excluding hydrogens is 372 g/mol. The van der Waals surface area contributed by atoms with E-state index >= 15 is 0 Å². The topological polar surface area (TPSA) is 81.4 Å². The highest BCUT2D eigenvalue weighted by Gasteiger charge is 2.25. The van der Waals surface area contributed by atoms with Crippen LogP contribution < -0.4 is 15.8 Å². The van der Waals surface area contributed by atoms with Crippen molar-refractivity contribution in [1.82, 2.24) is 0 Å². The van der Waals surface area contributed by atoms with Crippen molar-refractivity contribution in [2.24, 2.45) is 5.73 Å². The molecule has 0 bridgehead atoms. The molecule has 2 amide bonds. The first-order valence-corrected chi connectivity index (χ1v) is 9.82. The zero-order valence-electron chi connectivity index (χ0n) is 14.5. The van der Waals surface area contributed by atoms with Gasteiger partial charge in [-0.3, -0.25) is 9.59 Å². The number of fused-ring (bicyclic) bond motifs is 1. The van der Waals surface area contributed by atoms with Gasteiger partial charge in [0.15, 0.2) is 6.10 Å². The molecule has 7 heteroatoms. The molecule has 1 aliphatic rings. The number of carbonyl (C=O) groups is 2. The van der Waals surface area contributed by atoms with Gasteiger partial charge in [0.1, 0.15) is 10.8 Å². The summed E-state index contributed by atoms with van der Waals surface area (Å²) in [5.74, 6) is -0.265. The van der Waals surface area contributed by atoms with E-state index in [1.54, 1.807) is 31.2 Å². The van der Waals surface area contributed by atoms with E-state index in [1.165, 1.54) is 11.3 Å². The molecule has 1 atom stereocenters. The van der Waals surface area contributed by atoms with Gasteiger partial charge in [0, 0.05) is 9.90 Å². The molecule has 0 spiro atoms. The lowest BCUT2D eigenvalue weighted by molar-refractivity contribution is -0.122. The van der Waals surface area contributed by atoms with Crippen LogP contribution in [0.15, 0.2) is 24.3 Å². The van der Waals surface area contributed by atoms with Gasteiger partial charge in [0.2, 0.25) is 0 Å². The van der Waals surface area contributed by atoms with E-state index in [4.69, 9.17) is 22.1 Å². The van der Waals surface area contributed by atoms with Gasteiger partial charge in [-0.05, 0) is 62.4 Å². The minimum atomic E-state index is -0.723. The number of rotatable bonds is 5. The smallest absolute Gasteiger partial charge is 0.265 e. The Bertz CT molecular complexity index is 817. The van der Waals surface area contributed by atoms with Gasteiger partial charge in [-0.2, -0.15) is 0 Å². The highest BCUT2D eigenvalue weighted by Crippen LogP contribution is 2.37. The number of aryl methyl sites for hydroxylation is 1. The van der Waals surface area contributed by atoms with Crippen LogP contribution in [0.1, 0.15) is 47.0 Å². The standard InChI is InChI=1S/C19H21ClN2O3S/c1-11(25-13-9-7-12(20)8-10-13)18(24)22-19-16(17(21)23)14-5-3-2-4-6-15(14)26-19/h7-11H,2-6H2,1H3,(H2,21,23)(H,22,24). The zero-order chi connectivity index (χ0) is 18.7. The van der Waals surface area contributed by atoms with E-state index < -0.39 is 12.0 Å². The second-order valence-electron chi connectivity index (χ2n) is 6.34. The second kappa shape index (κ2) is 8.10. The summed E-state index contributed by atoms with van der Waals surface area (Å²) in [7, 11) is 0. The maximum Gasteiger partial charge on any atom is 0.265 e. The van der Waals surface area contributed by atoms with Crippen LogP contribution in [0.2, 0.25) is 5.02 Å². The van der Waals surface area contributed by atoms with Gasteiger partial charge in [0.05, 0.1) is 5.56 Å². The van der Waals surface area contributed by atoms with E-state index in [2.05, 4.69) is 5.32 Å². The molecule has 0 saturated carbocycles. The Labute approximate surface area is 161 Å². The summed E-state index contributed by atoms with van der Waals surface area (Å²) in [5, 5.41) is 3.96. The van der Waals surface area contributed by atoms with E-state index in [0.29, 0.717) is 21.3 Å². The van der Waals surface area contributed by atoms with Crippen molar-refractivity contribution in [2.45, 2.75) is 45.1 Å². The third kappa shape index (κ3) is 4.19. The van der Waals surface area contributed by atoms with Gasteiger partial charge in [0.25, 0.3) is 11.8 Å². The summed E-state index contributed by atoms with van der Waals surface area (Å²) in [5.41, 5.74) is 7.06. The van der Waals surface area contributed by atoms with Crippen LogP contribution >= 0.6 is 22.9 Å². The third-order valence-electron chi connectivity index (χ3n) is 4.40. The molecule has 26 heavy (non-hydrogen) atoms. The number of ether oxygens (including phenoxy) is 1. The fourth-order valence-corrected chi connectivity index (χ4v) is 4.50. The Morgan fingerprint density at radius 3 is 2.58 bits per heavy atom. The van der Waals surface area contributed by atoms with Crippen LogP contribution in [-0.4, -0.2) is 17.9 Å². The van der Waals surface area contributed by atoms with Gasteiger partial charge < -0.3 is 15.8 Å². The zero-order valence-corrected chi connectivity index (χ0v) is 16.1. The molecule has 1 unspecified atom stereocenters. The summed E-state index contributed by atoms with van der Waals surface area (Å²) < 4.78 is 5.64. The lowest BCUT2D eigenvalue weighted by atomic mass is 10.1. The summed E-state index contributed by atoms with van der Waals surface area (Å²) in [6.07, 6.45) is 4.30. The Morgan fingerprint density at radius 2 is 1.88 bits per heavy atom. The van der Waals surface area contributed by atoms with Gasteiger partial charge in [-0.15, -0.1) is 11.3 Å². The van der Waals surface area contributed by atoms with Crippen molar-refractivity contribution >= 4 is 39.8 Å². The summed E-state index contributed by atoms with van der Waals surface area (Å²) in [6, 6.07) is 6.80. The molecule has 1 aromatic heterocycles. The number of nitrogens with one attached hydrogen (secondary N) is 1. The number of halogens is 1. The van der Waals surface area contributed by atoms with Gasteiger partial charge in [-0.1, -0.05) is 18.0 Å². The average Bonchev–Trinajstić information content (AvgIpc) is 2.78. The number of amides is 2. The monoisotopic (exact) mass is 392 g/mol. The quantitative estimate of drug-likeness (QED) is 0.749. The van der Waals surface area contributed by atoms with Crippen molar-refractivity contribution in [3.63, 3.8) is 0 Å². The largest absolute Gasteiger partial charge is 0.481 e. The van der Waals surface area contributed by atoms with Gasteiger partial charge in [-0.25, -0.2) is 0 Å². The molecule has 5 nitrogen and oxygen atoms in total. The number of hydrogen-bond acceptors (Lipinski definition) is 4. The molecule has 2 aromatic rings. The first-order chi connectivity index (χ1) is 12.5. The summed E-state index contributed by atoms with van der Waals surface area (Å²) in [4.78, 5) is 25.7. The number of anilines is 1. The Kier molecular flexibility index (Phi) is 5.84. The normalized spacial score (nSPS) is 14.8. The maximum absolute atomic E-state index is 12.5. The number of nitrogens with two attached hydrogens (primary N) is 1. The number of thiophene rings is 1. The van der Waals surface area contributed by atoms with Gasteiger partial charge >= 0.3 is 0 Å². The molecule has 1 heterocycles. The molecule has 3 N–H and O–H groups in total. The first-order valence-electron chi connectivity index (χ1n) is 8.63. The van der Waals surface area contributed by atoms with E-state index in [-0.39, 0.29) is 5.91 Å². The highest BCUT2D eigenvalue weighted by molar-refractivity contribution is 7.17. The number of hydrogen-bond donors (Lipinski definition) is 2. The molecule has 138 valence electrons. The Morgan fingerprint density at radius 1 is 1.19 bits per heavy atom. The summed E-state index contributed by atoms with van der Waals surface area (Å²) in [6.45, 7) is 1.66. The van der Waals surface area contributed by atoms with Crippen LogP contribution in [0.25, 0.3) is 0 Å². The van der Waals surface area contributed by atoms with Crippen molar-refractivity contribution in [2.75, 3.05) is 5.32 Å².